The molecule has 0 aliphatic heterocycles. The summed E-state index contributed by atoms with van der Waals surface area (Å²) in [7, 11) is 2.94. The van der Waals surface area contributed by atoms with E-state index in [1.54, 1.807) is 13.3 Å². The first kappa shape index (κ1) is 27.7. The number of fused-ring (bicyclic) bond motifs is 1. The molecule has 0 unspecified atom stereocenters. The fourth-order valence-corrected chi connectivity index (χ4v) is 4.04. The maximum Gasteiger partial charge on any atom is 0.407 e. The number of imidazole rings is 1. The summed E-state index contributed by atoms with van der Waals surface area (Å²) in [6.07, 6.45) is 7.27. The Morgan fingerprint density at radius 3 is 2.70 bits per heavy atom. The van der Waals surface area contributed by atoms with Gasteiger partial charge in [0.25, 0.3) is 5.89 Å². The van der Waals surface area contributed by atoms with E-state index in [1.807, 2.05) is 31.2 Å². The quantitative estimate of drug-likeness (QED) is 0.191. The van der Waals surface area contributed by atoms with Gasteiger partial charge in [-0.2, -0.15) is 0 Å². The van der Waals surface area contributed by atoms with Crippen molar-refractivity contribution in [2.45, 2.75) is 45.1 Å². The number of rotatable bonds is 11. The minimum atomic E-state index is -0.540. The number of carbonyl (C=O) groups excluding carboxylic acids is 2. The van der Waals surface area contributed by atoms with Crippen LogP contribution in [0.2, 0.25) is 0 Å². The number of ketones is 1. The van der Waals surface area contributed by atoms with Gasteiger partial charge in [-0.15, -0.1) is 12.4 Å². The number of alkyl carbamates (subject to hydrolysis) is 1. The van der Waals surface area contributed by atoms with E-state index < -0.39 is 6.09 Å². The monoisotopic (exact) mass is 527 g/mol. The number of unbranched alkanes of at least 4 members (excludes halogenated alkanes) is 2. The number of benzene rings is 1. The minimum absolute atomic E-state index is 0. The van der Waals surface area contributed by atoms with E-state index in [9.17, 15) is 9.59 Å². The van der Waals surface area contributed by atoms with Crippen LogP contribution in [0.3, 0.4) is 0 Å². The SMILES string of the molecule is COC(=O)N[C@@H](CCCCCC(=O)c1ncco1)c1ncc(-c2cc3ccc(C)nc3cc2OC)[nH]1.Cl. The minimum Gasteiger partial charge on any atom is -0.496 e. The van der Waals surface area contributed by atoms with Crippen LogP contribution in [-0.2, 0) is 4.74 Å². The highest BCUT2D eigenvalue weighted by Gasteiger charge is 2.20. The number of hydrogen-bond donors (Lipinski definition) is 2. The summed E-state index contributed by atoms with van der Waals surface area (Å²) >= 11 is 0. The van der Waals surface area contributed by atoms with Gasteiger partial charge in [0.2, 0.25) is 5.78 Å². The first-order valence-corrected chi connectivity index (χ1v) is 11.8. The Bertz CT molecular complexity index is 1340. The number of hydrogen-bond acceptors (Lipinski definition) is 8. The van der Waals surface area contributed by atoms with Gasteiger partial charge < -0.3 is 24.2 Å². The maximum absolute atomic E-state index is 12.0. The van der Waals surface area contributed by atoms with E-state index in [2.05, 4.69) is 25.3 Å². The van der Waals surface area contributed by atoms with Gasteiger partial charge in [-0.05, 0) is 31.9 Å². The predicted molar refractivity (Wildman–Crippen MR) is 140 cm³/mol. The third-order valence-corrected chi connectivity index (χ3v) is 5.91. The molecule has 0 aliphatic carbocycles. The number of pyridine rings is 1. The van der Waals surface area contributed by atoms with Crippen LogP contribution in [0.1, 0.15) is 60.3 Å². The van der Waals surface area contributed by atoms with Gasteiger partial charge in [0, 0.05) is 29.1 Å². The number of carbonyl (C=O) groups is 2. The first-order valence-electron chi connectivity index (χ1n) is 11.8. The van der Waals surface area contributed by atoms with E-state index >= 15 is 0 Å². The summed E-state index contributed by atoms with van der Waals surface area (Å²) in [4.78, 5) is 40.4. The topological polar surface area (TPSA) is 132 Å². The van der Waals surface area contributed by atoms with Crippen LogP contribution >= 0.6 is 12.4 Å². The van der Waals surface area contributed by atoms with Crippen LogP contribution in [0.4, 0.5) is 4.79 Å². The lowest BCUT2D eigenvalue weighted by Gasteiger charge is -2.16. The third kappa shape index (κ3) is 6.85. The second-order valence-electron chi connectivity index (χ2n) is 8.43. The number of nitrogens with one attached hydrogen (secondary N) is 2. The van der Waals surface area contributed by atoms with E-state index in [4.69, 9.17) is 13.9 Å². The highest BCUT2D eigenvalue weighted by atomic mass is 35.5. The Labute approximate surface area is 220 Å². The molecule has 0 bridgehead atoms. The Morgan fingerprint density at radius 1 is 1.14 bits per heavy atom. The van der Waals surface area contributed by atoms with E-state index in [-0.39, 0.29) is 30.1 Å². The fraction of sp³-hybridized carbons (Fsp3) is 0.346. The Hall–Kier alpha value is -3.92. The van der Waals surface area contributed by atoms with E-state index in [1.165, 1.54) is 19.6 Å². The normalized spacial score (nSPS) is 11.5. The number of oxazole rings is 1. The second-order valence-corrected chi connectivity index (χ2v) is 8.43. The molecule has 3 aromatic heterocycles. The summed E-state index contributed by atoms with van der Waals surface area (Å²) in [5.74, 6) is 1.30. The molecular weight excluding hydrogens is 498 g/mol. The smallest absolute Gasteiger partial charge is 0.407 e. The second kappa shape index (κ2) is 12.9. The molecule has 0 aliphatic rings. The molecule has 4 rings (SSSR count). The molecular formula is C26H30ClN5O5. The highest BCUT2D eigenvalue weighted by Crippen LogP contribution is 2.33. The molecule has 0 spiro atoms. The van der Waals surface area contributed by atoms with Crippen molar-refractivity contribution in [1.82, 2.24) is 25.3 Å². The molecule has 10 nitrogen and oxygen atoms in total. The van der Waals surface area contributed by atoms with E-state index in [0.29, 0.717) is 30.8 Å². The number of aromatic nitrogens is 4. The molecule has 37 heavy (non-hydrogen) atoms. The molecule has 0 saturated carbocycles. The van der Waals surface area contributed by atoms with Gasteiger partial charge in [-0.1, -0.05) is 18.9 Å². The summed E-state index contributed by atoms with van der Waals surface area (Å²) in [6, 6.07) is 7.51. The van der Waals surface area contributed by atoms with Gasteiger partial charge in [0.15, 0.2) is 0 Å². The molecule has 0 radical (unpaired) electrons. The Kier molecular flexibility index (Phi) is 9.62. The third-order valence-electron chi connectivity index (χ3n) is 5.91. The molecule has 196 valence electrons. The number of nitrogens with zero attached hydrogens (tertiary/aromatic N) is 3. The molecule has 1 aromatic carbocycles. The number of ether oxygens (including phenoxy) is 2. The number of amides is 1. The van der Waals surface area contributed by atoms with Crippen molar-refractivity contribution in [1.29, 1.82) is 0 Å². The maximum atomic E-state index is 12.0. The standard InChI is InChI=1S/C26H29N5O5.ClH/c1-16-9-10-17-13-18(23(34-2)14-20(17)29-16)21-15-28-24(30-21)19(31-26(33)35-3)7-5-4-6-8-22(32)25-27-11-12-36-25;/h9-15,19H,4-8H2,1-3H3,(H,28,30)(H,31,33);1H/t19-;/m0./s1. The van der Waals surface area contributed by atoms with Crippen LogP contribution in [0.5, 0.6) is 5.75 Å². The fourth-order valence-electron chi connectivity index (χ4n) is 4.04. The van der Waals surface area contributed by atoms with Crippen molar-refractivity contribution in [2.75, 3.05) is 14.2 Å². The largest absolute Gasteiger partial charge is 0.496 e. The van der Waals surface area contributed by atoms with Crippen LogP contribution in [0.25, 0.3) is 22.2 Å². The van der Waals surface area contributed by atoms with Crippen molar-refractivity contribution in [2.24, 2.45) is 0 Å². The van der Waals surface area contributed by atoms with Crippen molar-refractivity contribution in [3.8, 4) is 17.0 Å². The number of Topliss-reactive ketones (excluding diaryl/α,β-unsaturated/α-hetero) is 1. The lowest BCUT2D eigenvalue weighted by molar-refractivity contribution is 0.0945. The molecule has 1 atom stereocenters. The number of methoxy groups -OCH3 is 2. The van der Waals surface area contributed by atoms with Crippen molar-refractivity contribution >= 4 is 35.2 Å². The van der Waals surface area contributed by atoms with Crippen LogP contribution < -0.4 is 10.1 Å². The molecule has 4 aromatic rings. The Morgan fingerprint density at radius 2 is 1.97 bits per heavy atom. The number of aryl methyl sites for hydroxylation is 1. The zero-order chi connectivity index (χ0) is 25.5. The molecule has 11 heteroatoms. The zero-order valence-electron chi connectivity index (χ0n) is 20.9. The number of halogens is 1. The Balaban J connectivity index is 0.00000380. The number of H-pyrrole nitrogens is 1. The van der Waals surface area contributed by atoms with Crippen LogP contribution in [-0.4, -0.2) is 46.0 Å². The van der Waals surface area contributed by atoms with Gasteiger partial charge in [-0.3, -0.25) is 9.78 Å². The van der Waals surface area contributed by atoms with E-state index in [0.717, 1.165) is 40.7 Å². The lowest BCUT2D eigenvalue weighted by atomic mass is 10.1. The van der Waals surface area contributed by atoms with Gasteiger partial charge in [0.1, 0.15) is 17.8 Å². The van der Waals surface area contributed by atoms with Crippen LogP contribution in [0, 0.1) is 6.92 Å². The average molecular weight is 528 g/mol. The van der Waals surface area contributed by atoms with Gasteiger partial charge in [-0.25, -0.2) is 14.8 Å². The average Bonchev–Trinajstić information content (AvgIpc) is 3.59. The summed E-state index contributed by atoms with van der Waals surface area (Å²) < 4.78 is 15.5. The summed E-state index contributed by atoms with van der Waals surface area (Å²) in [5, 5.41) is 3.83. The molecule has 2 N–H and O–H groups in total. The van der Waals surface area contributed by atoms with Gasteiger partial charge in [0.05, 0.1) is 43.9 Å². The molecule has 1 amide bonds. The number of aromatic amines is 1. The van der Waals surface area contributed by atoms with Gasteiger partial charge >= 0.3 is 6.09 Å². The van der Waals surface area contributed by atoms with Crippen molar-refractivity contribution < 1.29 is 23.5 Å². The van der Waals surface area contributed by atoms with Crippen molar-refractivity contribution in [3.05, 3.63) is 60.3 Å². The molecule has 0 saturated heterocycles. The predicted octanol–water partition coefficient (Wildman–Crippen LogP) is 5.58. The summed E-state index contributed by atoms with van der Waals surface area (Å²) in [5.41, 5.74) is 3.38. The highest BCUT2D eigenvalue weighted by molar-refractivity contribution is 5.91. The summed E-state index contributed by atoms with van der Waals surface area (Å²) in [6.45, 7) is 1.95. The van der Waals surface area contributed by atoms with Crippen LogP contribution in [0.15, 0.2) is 47.3 Å². The molecule has 3 heterocycles. The zero-order valence-corrected chi connectivity index (χ0v) is 21.8. The first-order chi connectivity index (χ1) is 17.5. The van der Waals surface area contributed by atoms with Crippen molar-refractivity contribution in [3.63, 3.8) is 0 Å². The molecule has 0 fully saturated rings. The lowest BCUT2D eigenvalue weighted by Crippen LogP contribution is -2.29.